The topological polar surface area (TPSA) is 46.2 Å². The van der Waals surface area contributed by atoms with Crippen LogP contribution in [0.5, 0.6) is 5.75 Å². The first-order chi connectivity index (χ1) is 7.96. The van der Waals surface area contributed by atoms with Gasteiger partial charge in [-0.25, -0.2) is 4.39 Å². The molecule has 0 aliphatic heterocycles. The monoisotopic (exact) mass is 301 g/mol. The molecule has 0 unspecified atom stereocenters. The van der Waals surface area contributed by atoms with Gasteiger partial charge in [0.05, 0.1) is 5.56 Å². The molecule has 7 heteroatoms. The lowest BCUT2D eigenvalue weighted by atomic mass is 9.80. The third-order valence-corrected chi connectivity index (χ3v) is 2.72. The van der Waals surface area contributed by atoms with Crippen molar-refractivity contribution in [2.45, 2.75) is 33.0 Å². The average molecular weight is 302 g/mol. The number of nitrogens with two attached hydrogens (primary N) is 1. The van der Waals surface area contributed by atoms with Gasteiger partial charge in [0.2, 0.25) is 0 Å². The van der Waals surface area contributed by atoms with Crippen LogP contribution in [-0.2, 0) is 6.18 Å². The number of benzene rings is 1. The van der Waals surface area contributed by atoms with Crippen LogP contribution in [0.1, 0.15) is 37.9 Å². The molecule has 0 aliphatic rings. The molecule has 0 amide bonds. The molecule has 1 aromatic rings. The lowest BCUT2D eigenvalue weighted by molar-refractivity contribution is -0.138. The molecular weight excluding hydrogens is 286 g/mol. The quantitative estimate of drug-likeness (QED) is 0.770. The van der Waals surface area contributed by atoms with Crippen molar-refractivity contribution in [3.8, 4) is 5.75 Å². The largest absolute Gasteiger partial charge is 0.505 e. The van der Waals surface area contributed by atoms with Gasteiger partial charge in [-0.15, -0.1) is 12.4 Å². The minimum Gasteiger partial charge on any atom is -0.505 e. The molecule has 0 bridgehead atoms. The van der Waals surface area contributed by atoms with Crippen LogP contribution in [0, 0.1) is 11.2 Å². The summed E-state index contributed by atoms with van der Waals surface area (Å²) in [6.07, 6.45) is -4.69. The van der Waals surface area contributed by atoms with Gasteiger partial charge in [-0.1, -0.05) is 20.8 Å². The second-order valence-electron chi connectivity index (χ2n) is 5.20. The molecule has 0 heterocycles. The molecule has 0 fully saturated rings. The van der Waals surface area contributed by atoms with Gasteiger partial charge in [0.1, 0.15) is 0 Å². The highest BCUT2D eigenvalue weighted by Crippen LogP contribution is 2.44. The molecule has 19 heavy (non-hydrogen) atoms. The van der Waals surface area contributed by atoms with Crippen LogP contribution >= 0.6 is 12.4 Å². The van der Waals surface area contributed by atoms with Crippen molar-refractivity contribution in [3.63, 3.8) is 0 Å². The van der Waals surface area contributed by atoms with Crippen molar-refractivity contribution >= 4 is 12.4 Å². The molecule has 2 nitrogen and oxygen atoms in total. The van der Waals surface area contributed by atoms with E-state index in [4.69, 9.17) is 5.73 Å². The average Bonchev–Trinajstić information content (AvgIpc) is 2.17. The standard InChI is InChI=1S/C12H15F4NO.ClH/c1-11(2,3)10(17)8-6(12(14,15)16)4-5-7(13)9(8)18;/h4-5,10,18H,17H2,1-3H3;1H/t10-;/m0./s1. The van der Waals surface area contributed by atoms with Gasteiger partial charge in [-0.3, -0.25) is 0 Å². The Hall–Kier alpha value is -1.01. The molecule has 1 atom stereocenters. The van der Waals surface area contributed by atoms with Crippen molar-refractivity contribution in [3.05, 3.63) is 29.1 Å². The van der Waals surface area contributed by atoms with Crippen LogP contribution in [0.25, 0.3) is 0 Å². The highest BCUT2D eigenvalue weighted by Gasteiger charge is 2.39. The van der Waals surface area contributed by atoms with Gasteiger partial charge in [0, 0.05) is 11.6 Å². The first kappa shape index (κ1) is 18.0. The number of hydrogen-bond donors (Lipinski definition) is 2. The van der Waals surface area contributed by atoms with E-state index in [-0.39, 0.29) is 12.4 Å². The summed E-state index contributed by atoms with van der Waals surface area (Å²) in [6.45, 7) is 4.84. The van der Waals surface area contributed by atoms with Crippen molar-refractivity contribution in [1.29, 1.82) is 0 Å². The Labute approximate surface area is 115 Å². The van der Waals surface area contributed by atoms with E-state index in [9.17, 15) is 22.7 Å². The fraction of sp³-hybridized carbons (Fsp3) is 0.500. The Bertz CT molecular complexity index is 454. The molecule has 0 aliphatic carbocycles. The van der Waals surface area contributed by atoms with Crippen molar-refractivity contribution < 1.29 is 22.7 Å². The molecule has 0 saturated carbocycles. The second kappa shape index (κ2) is 5.54. The lowest BCUT2D eigenvalue weighted by Crippen LogP contribution is -2.29. The number of phenols is 1. The normalized spacial score (nSPS) is 13.9. The van der Waals surface area contributed by atoms with Gasteiger partial charge < -0.3 is 10.8 Å². The highest BCUT2D eigenvalue weighted by atomic mass is 35.5. The van der Waals surface area contributed by atoms with E-state index in [2.05, 4.69) is 0 Å². The summed E-state index contributed by atoms with van der Waals surface area (Å²) in [5.41, 5.74) is 3.26. The zero-order chi connectivity index (χ0) is 14.3. The van der Waals surface area contributed by atoms with E-state index in [1.165, 1.54) is 0 Å². The van der Waals surface area contributed by atoms with E-state index in [1.807, 2.05) is 0 Å². The molecule has 1 aromatic carbocycles. The lowest BCUT2D eigenvalue weighted by Gasteiger charge is -2.30. The smallest absolute Gasteiger partial charge is 0.416 e. The Morgan fingerprint density at radius 2 is 1.63 bits per heavy atom. The molecule has 0 spiro atoms. The van der Waals surface area contributed by atoms with Gasteiger partial charge in [-0.2, -0.15) is 13.2 Å². The van der Waals surface area contributed by atoms with E-state index in [0.29, 0.717) is 12.1 Å². The Balaban J connectivity index is 0.00000324. The van der Waals surface area contributed by atoms with Gasteiger partial charge in [0.15, 0.2) is 11.6 Å². The molecular formula is C12H16ClF4NO. The van der Waals surface area contributed by atoms with Crippen LogP contribution < -0.4 is 5.73 Å². The number of aromatic hydroxyl groups is 1. The molecule has 0 radical (unpaired) electrons. The van der Waals surface area contributed by atoms with E-state index in [0.717, 1.165) is 0 Å². The Morgan fingerprint density at radius 1 is 1.16 bits per heavy atom. The van der Waals surface area contributed by atoms with Crippen molar-refractivity contribution in [1.82, 2.24) is 0 Å². The molecule has 3 N–H and O–H groups in total. The summed E-state index contributed by atoms with van der Waals surface area (Å²) < 4.78 is 51.7. The fourth-order valence-electron chi connectivity index (χ4n) is 1.58. The van der Waals surface area contributed by atoms with E-state index >= 15 is 0 Å². The summed E-state index contributed by atoms with van der Waals surface area (Å²) >= 11 is 0. The molecule has 0 aromatic heterocycles. The number of rotatable bonds is 1. The molecule has 110 valence electrons. The third kappa shape index (κ3) is 3.73. The van der Waals surface area contributed by atoms with Gasteiger partial charge in [-0.05, 0) is 17.5 Å². The van der Waals surface area contributed by atoms with Gasteiger partial charge in [0.25, 0.3) is 0 Å². The first-order valence-corrected chi connectivity index (χ1v) is 5.30. The van der Waals surface area contributed by atoms with Crippen molar-refractivity contribution in [2.75, 3.05) is 0 Å². The van der Waals surface area contributed by atoms with Gasteiger partial charge >= 0.3 is 6.18 Å². The maximum absolute atomic E-state index is 13.2. The summed E-state index contributed by atoms with van der Waals surface area (Å²) in [6, 6.07) is 0.0392. The van der Waals surface area contributed by atoms with Crippen molar-refractivity contribution in [2.24, 2.45) is 11.1 Å². The fourth-order valence-corrected chi connectivity index (χ4v) is 1.58. The van der Waals surface area contributed by atoms with Crippen LogP contribution in [0.3, 0.4) is 0 Å². The molecule has 1 rings (SSSR count). The summed E-state index contributed by atoms with van der Waals surface area (Å²) in [4.78, 5) is 0. The number of hydrogen-bond acceptors (Lipinski definition) is 2. The maximum Gasteiger partial charge on any atom is 0.416 e. The zero-order valence-electron chi connectivity index (χ0n) is 10.7. The maximum atomic E-state index is 13.2. The zero-order valence-corrected chi connectivity index (χ0v) is 11.5. The van der Waals surface area contributed by atoms with Crippen LogP contribution in [0.15, 0.2) is 12.1 Å². The van der Waals surface area contributed by atoms with Crippen LogP contribution in [0.2, 0.25) is 0 Å². The summed E-state index contributed by atoms with van der Waals surface area (Å²) in [7, 11) is 0. The predicted molar refractivity (Wildman–Crippen MR) is 66.7 cm³/mol. The van der Waals surface area contributed by atoms with Crippen LogP contribution in [-0.4, -0.2) is 5.11 Å². The highest BCUT2D eigenvalue weighted by molar-refractivity contribution is 5.85. The van der Waals surface area contributed by atoms with E-state index < -0.39 is 40.3 Å². The number of halogens is 5. The SMILES string of the molecule is CC(C)(C)[C@@H](N)c1c(C(F)(F)F)ccc(F)c1O.Cl. The number of phenolic OH excluding ortho intramolecular Hbond substituents is 1. The molecule has 0 saturated heterocycles. The Morgan fingerprint density at radius 3 is 2.00 bits per heavy atom. The van der Waals surface area contributed by atoms with E-state index in [1.54, 1.807) is 20.8 Å². The Kier molecular flexibility index (Phi) is 5.25. The predicted octanol–water partition coefficient (Wildman–Crippen LogP) is 4.02. The third-order valence-electron chi connectivity index (χ3n) is 2.72. The second-order valence-corrected chi connectivity index (χ2v) is 5.20. The summed E-state index contributed by atoms with van der Waals surface area (Å²) in [5.74, 6) is -2.15. The minimum absolute atomic E-state index is 0. The minimum atomic E-state index is -4.69. The number of alkyl halides is 3. The summed E-state index contributed by atoms with van der Waals surface area (Å²) in [5, 5.41) is 9.52. The van der Waals surface area contributed by atoms with Crippen LogP contribution in [0.4, 0.5) is 17.6 Å². The first-order valence-electron chi connectivity index (χ1n) is 5.30.